The fourth-order valence-electron chi connectivity index (χ4n) is 0.737. The van der Waals surface area contributed by atoms with Crippen LogP contribution in [0, 0.1) is 0 Å². The van der Waals surface area contributed by atoms with E-state index in [-0.39, 0.29) is 5.30 Å². The Balaban J connectivity index is 3.28. The second-order valence-corrected chi connectivity index (χ2v) is 5.91. The Hall–Kier alpha value is -1.09. The predicted octanol–water partition coefficient (Wildman–Crippen LogP) is 0.136. The van der Waals surface area contributed by atoms with Gasteiger partial charge in [0.25, 0.3) is 0 Å². The zero-order chi connectivity index (χ0) is 9.35. The molecule has 5 nitrogen and oxygen atoms in total. The van der Waals surface area contributed by atoms with Crippen LogP contribution in [-0.2, 0) is 4.57 Å². The van der Waals surface area contributed by atoms with Gasteiger partial charge in [0.05, 0.1) is 5.30 Å². The first-order chi connectivity index (χ1) is 5.41. The van der Waals surface area contributed by atoms with Gasteiger partial charge in [-0.25, -0.2) is 4.98 Å². The molecule has 66 valence electrons. The van der Waals surface area contributed by atoms with E-state index in [1.54, 1.807) is 0 Å². The normalized spacial score (nSPS) is 11.5. The molecule has 0 aliphatic heterocycles. The van der Waals surface area contributed by atoms with E-state index in [2.05, 4.69) is 9.97 Å². The maximum Gasteiger partial charge on any atom is 0.317 e. The molecule has 0 saturated heterocycles. The highest BCUT2D eigenvalue weighted by molar-refractivity contribution is 7.70. The molecule has 1 heterocycles. The van der Waals surface area contributed by atoms with Crippen molar-refractivity contribution in [1.82, 2.24) is 9.97 Å². The van der Waals surface area contributed by atoms with Crippen LogP contribution in [0.25, 0.3) is 0 Å². The Bertz CT molecular complexity index is 347. The van der Waals surface area contributed by atoms with Gasteiger partial charge in [-0.15, -0.1) is 0 Å². The molecule has 0 aromatic carbocycles. The van der Waals surface area contributed by atoms with Gasteiger partial charge in [-0.3, -0.25) is 0 Å². The van der Waals surface area contributed by atoms with Gasteiger partial charge >= 0.3 is 6.01 Å². The van der Waals surface area contributed by atoms with Gasteiger partial charge in [-0.05, 0) is 13.3 Å². The SMILES string of the molecule is CP(C)(=O)c1cnc(O)nc1O. The lowest BCUT2D eigenvalue weighted by Crippen LogP contribution is -2.06. The average molecular weight is 188 g/mol. The van der Waals surface area contributed by atoms with Crippen molar-refractivity contribution in [3.05, 3.63) is 6.20 Å². The summed E-state index contributed by atoms with van der Waals surface area (Å²) in [6.07, 6.45) is 1.17. The highest BCUT2D eigenvalue weighted by Crippen LogP contribution is 2.37. The predicted molar refractivity (Wildman–Crippen MR) is 44.5 cm³/mol. The third-order valence-electron chi connectivity index (χ3n) is 1.32. The largest absolute Gasteiger partial charge is 0.493 e. The summed E-state index contributed by atoms with van der Waals surface area (Å²) < 4.78 is 11.4. The quantitative estimate of drug-likeness (QED) is 0.612. The van der Waals surface area contributed by atoms with Crippen molar-refractivity contribution in [3.8, 4) is 11.9 Å². The van der Waals surface area contributed by atoms with Gasteiger partial charge < -0.3 is 14.8 Å². The summed E-state index contributed by atoms with van der Waals surface area (Å²) in [5.41, 5.74) is 0. The summed E-state index contributed by atoms with van der Waals surface area (Å²) >= 11 is 0. The first kappa shape index (κ1) is 9.00. The summed E-state index contributed by atoms with van der Waals surface area (Å²) in [5.74, 6) is -0.421. The zero-order valence-corrected chi connectivity index (χ0v) is 7.62. The molecule has 6 heteroatoms. The lowest BCUT2D eigenvalue weighted by molar-refractivity contribution is 0.400. The highest BCUT2D eigenvalue weighted by atomic mass is 31.2. The first-order valence-corrected chi connectivity index (χ1v) is 5.82. The summed E-state index contributed by atoms with van der Waals surface area (Å²) in [6, 6.07) is -0.523. The Kier molecular flexibility index (Phi) is 2.06. The minimum absolute atomic E-state index is 0.181. The number of hydrogen-bond donors (Lipinski definition) is 2. The molecule has 0 fully saturated rings. The minimum atomic E-state index is -2.56. The van der Waals surface area contributed by atoms with Crippen LogP contribution in [0.1, 0.15) is 0 Å². The lowest BCUT2D eigenvalue weighted by atomic mass is 10.6. The molecule has 0 aliphatic carbocycles. The number of rotatable bonds is 1. The number of nitrogens with zero attached hydrogens (tertiary/aromatic N) is 2. The third kappa shape index (κ3) is 1.74. The van der Waals surface area contributed by atoms with Crippen molar-refractivity contribution in [1.29, 1.82) is 0 Å². The molecule has 0 atom stereocenters. The molecule has 0 aliphatic rings. The van der Waals surface area contributed by atoms with Crippen LogP contribution in [0.3, 0.4) is 0 Å². The monoisotopic (exact) mass is 188 g/mol. The Morgan fingerprint density at radius 3 is 2.42 bits per heavy atom. The number of aromatic hydroxyl groups is 2. The van der Waals surface area contributed by atoms with Gasteiger partial charge in [-0.2, -0.15) is 4.98 Å². The molecule has 0 radical (unpaired) electrons. The molecule has 0 spiro atoms. The maximum absolute atomic E-state index is 11.4. The fourth-order valence-corrected chi connectivity index (χ4v) is 1.60. The van der Waals surface area contributed by atoms with Crippen molar-refractivity contribution in [3.63, 3.8) is 0 Å². The average Bonchev–Trinajstić information content (AvgIpc) is 1.83. The van der Waals surface area contributed by atoms with Gasteiger partial charge in [0, 0.05) is 6.20 Å². The van der Waals surface area contributed by atoms with E-state index in [1.165, 1.54) is 19.5 Å². The van der Waals surface area contributed by atoms with Gasteiger partial charge in [0.2, 0.25) is 5.88 Å². The molecule has 0 amide bonds. The van der Waals surface area contributed by atoms with E-state index < -0.39 is 19.0 Å². The molecule has 1 aromatic rings. The topological polar surface area (TPSA) is 83.3 Å². The second kappa shape index (κ2) is 2.75. The van der Waals surface area contributed by atoms with Crippen molar-refractivity contribution in [2.75, 3.05) is 13.3 Å². The van der Waals surface area contributed by atoms with E-state index in [1.807, 2.05) is 0 Å². The zero-order valence-electron chi connectivity index (χ0n) is 6.72. The highest BCUT2D eigenvalue weighted by Gasteiger charge is 2.17. The Morgan fingerprint density at radius 1 is 1.42 bits per heavy atom. The van der Waals surface area contributed by atoms with Crippen LogP contribution in [0.5, 0.6) is 11.9 Å². The Labute approximate surface area is 69.5 Å². The van der Waals surface area contributed by atoms with Crippen LogP contribution in [0.4, 0.5) is 0 Å². The van der Waals surface area contributed by atoms with E-state index >= 15 is 0 Å². The minimum Gasteiger partial charge on any atom is -0.493 e. The van der Waals surface area contributed by atoms with E-state index in [4.69, 9.17) is 10.2 Å². The van der Waals surface area contributed by atoms with Crippen LogP contribution in [0.15, 0.2) is 6.20 Å². The van der Waals surface area contributed by atoms with E-state index in [0.29, 0.717) is 0 Å². The standard InChI is InChI=1S/C6H9N2O3P/c1-12(2,11)4-3-7-6(10)8-5(4)9/h3H,1-2H3,(H2,7,8,9,10). The summed E-state index contributed by atoms with van der Waals surface area (Å²) in [7, 11) is -2.56. The molecule has 1 rings (SSSR count). The van der Waals surface area contributed by atoms with Crippen LogP contribution >= 0.6 is 7.14 Å². The summed E-state index contributed by atoms with van der Waals surface area (Å²) in [6.45, 7) is 2.98. The molecule has 2 N–H and O–H groups in total. The third-order valence-corrected chi connectivity index (χ3v) is 2.79. The molecule has 12 heavy (non-hydrogen) atoms. The maximum atomic E-state index is 11.4. The van der Waals surface area contributed by atoms with Gasteiger partial charge in [0.1, 0.15) is 7.14 Å². The van der Waals surface area contributed by atoms with Crippen molar-refractivity contribution < 1.29 is 14.8 Å². The molecule has 1 aromatic heterocycles. The van der Waals surface area contributed by atoms with Gasteiger partial charge in [-0.1, -0.05) is 0 Å². The van der Waals surface area contributed by atoms with Crippen LogP contribution < -0.4 is 5.30 Å². The molecular formula is C6H9N2O3P. The summed E-state index contributed by atoms with van der Waals surface area (Å²) in [4.78, 5) is 6.69. The fraction of sp³-hybridized carbons (Fsp3) is 0.333. The number of aromatic nitrogens is 2. The van der Waals surface area contributed by atoms with Crippen LogP contribution in [-0.4, -0.2) is 33.5 Å². The number of hydrogen-bond acceptors (Lipinski definition) is 5. The molecule has 0 unspecified atom stereocenters. The van der Waals surface area contributed by atoms with Gasteiger partial charge in [0.15, 0.2) is 0 Å². The smallest absolute Gasteiger partial charge is 0.317 e. The lowest BCUT2D eigenvalue weighted by Gasteiger charge is -2.06. The van der Waals surface area contributed by atoms with Crippen molar-refractivity contribution >= 4 is 12.4 Å². The molecule has 0 saturated carbocycles. The van der Waals surface area contributed by atoms with Crippen molar-refractivity contribution in [2.24, 2.45) is 0 Å². The summed E-state index contributed by atoms with van der Waals surface area (Å²) in [5, 5.41) is 18.1. The van der Waals surface area contributed by atoms with E-state index in [9.17, 15) is 4.57 Å². The van der Waals surface area contributed by atoms with E-state index in [0.717, 1.165) is 0 Å². The molecule has 0 bridgehead atoms. The molecular weight excluding hydrogens is 179 g/mol. The first-order valence-electron chi connectivity index (χ1n) is 3.22. The van der Waals surface area contributed by atoms with Crippen LogP contribution in [0.2, 0.25) is 0 Å². The van der Waals surface area contributed by atoms with Crippen molar-refractivity contribution in [2.45, 2.75) is 0 Å². The second-order valence-electron chi connectivity index (χ2n) is 2.73. The Morgan fingerprint density at radius 2 is 2.00 bits per heavy atom.